The minimum Gasteiger partial charge on any atom is -0.355 e. The van der Waals surface area contributed by atoms with Gasteiger partial charge < -0.3 is 4.18 Å². The summed E-state index contributed by atoms with van der Waals surface area (Å²) in [6.45, 7) is 26.6. The molecular weight excluding hydrogens is 871 g/mol. The van der Waals surface area contributed by atoms with E-state index in [9.17, 15) is 38.9 Å². The predicted octanol–water partition coefficient (Wildman–Crippen LogP) is 21.5. The number of hydrogen-bond donors (Lipinski definition) is 0. The molecule has 5 aromatic carbocycles. The van der Waals surface area contributed by atoms with E-state index in [1.165, 1.54) is 51.6 Å². The Morgan fingerprint density at radius 3 is 0.921 bits per heavy atom. The van der Waals surface area contributed by atoms with Gasteiger partial charge in [-0.3, -0.25) is 0 Å². The first-order valence-electron chi connectivity index (χ1n) is 19.9. The second-order valence-corrected chi connectivity index (χ2v) is 21.0. The van der Waals surface area contributed by atoms with Crippen LogP contribution in [-0.2, 0) is 0 Å². The number of hydrogen-bond acceptors (Lipinski definition) is 1. The molecule has 1 nitrogen and oxygen atoms in total. The van der Waals surface area contributed by atoms with Crippen LogP contribution in [0.5, 0.6) is 5.75 Å². The molecule has 0 aliphatic rings. The van der Waals surface area contributed by atoms with Crippen LogP contribution in [0.2, 0.25) is 0 Å². The Kier molecular flexibility index (Phi) is 21.5. The third kappa shape index (κ3) is 26.3. The topological polar surface area (TPSA) is 9.23 Å². The predicted molar refractivity (Wildman–Crippen MR) is 255 cm³/mol. The molecule has 0 aliphatic heterocycles. The van der Waals surface area contributed by atoms with E-state index in [2.05, 4.69) is 139 Å². The van der Waals surface area contributed by atoms with Crippen molar-refractivity contribution in [3.63, 3.8) is 0 Å². The molecule has 0 aliphatic carbocycles. The monoisotopic (exact) mass is 942 g/mol. The normalized spacial score (nSPS) is 13.3. The first kappa shape index (κ1) is 61.0. The van der Waals surface area contributed by atoms with E-state index in [1.54, 1.807) is 13.8 Å². The molecule has 0 radical (unpaired) electrons. The number of aryl methyl sites for hydroxylation is 3. The van der Waals surface area contributed by atoms with Crippen LogP contribution in [-0.4, -0.2) is 0 Å². The largest absolute Gasteiger partial charge is 0.435 e. The lowest BCUT2D eigenvalue weighted by Gasteiger charge is -2.40. The minimum absolute atomic E-state index is 0. The Hall–Kier alpha value is -4.10. The molecule has 0 amide bonds. The van der Waals surface area contributed by atoms with Crippen LogP contribution >= 0.6 is 20.7 Å². The van der Waals surface area contributed by atoms with Crippen molar-refractivity contribution in [2.75, 3.05) is 0 Å². The van der Waals surface area contributed by atoms with E-state index in [0.29, 0.717) is 29.9 Å². The Labute approximate surface area is 373 Å². The average Bonchev–Trinajstić information content (AvgIpc) is 3.11. The molecule has 0 saturated carbocycles. The molecule has 5 aromatic rings. The summed E-state index contributed by atoms with van der Waals surface area (Å²) in [7, 11) is -19.3. The van der Waals surface area contributed by atoms with Crippen LogP contribution in [0.1, 0.15) is 158 Å². The van der Waals surface area contributed by atoms with Crippen molar-refractivity contribution in [3.8, 4) is 5.75 Å². The second kappa shape index (κ2) is 22.2. The van der Waals surface area contributed by atoms with Crippen molar-refractivity contribution in [1.29, 1.82) is 0 Å². The molecule has 0 heterocycles. The zero-order chi connectivity index (χ0) is 47.3. The summed E-state index contributed by atoms with van der Waals surface area (Å²) in [5, 5.41) is 0. The van der Waals surface area contributed by atoms with Gasteiger partial charge in [0.2, 0.25) is 0 Å². The summed E-state index contributed by atoms with van der Waals surface area (Å²) in [6.07, 6.45) is 0. The SMILES string of the molecule is C.C.CC(C)c1ccc(OS(F)(F)(F)(F)F)cc1.CC(C)c1cccc(S(F)(F)(F)(F)F)c1.Cc1ccc(C(C)C)cc1.Cc1ccc(C(C)C)cc1.Cc1cccc(C(C)C)c1. The smallest absolute Gasteiger partial charge is 0.355 e. The lowest BCUT2D eigenvalue weighted by molar-refractivity contribution is 0.243. The first-order valence-corrected chi connectivity index (χ1v) is 23.8. The Balaban J connectivity index is 0. The molecular formula is C50H72F10OS2. The van der Waals surface area contributed by atoms with Crippen LogP contribution in [0.15, 0.2) is 126 Å². The lowest BCUT2D eigenvalue weighted by Crippen LogP contribution is -2.13. The number of halogens is 10. The highest BCUT2D eigenvalue weighted by molar-refractivity contribution is 8.45. The van der Waals surface area contributed by atoms with E-state index < -0.39 is 31.4 Å². The minimum atomic E-state index is -9.84. The van der Waals surface area contributed by atoms with Crippen molar-refractivity contribution in [1.82, 2.24) is 0 Å². The summed E-state index contributed by atoms with van der Waals surface area (Å²) in [6, 6.07) is 33.8. The van der Waals surface area contributed by atoms with Crippen molar-refractivity contribution in [2.45, 2.75) is 139 Å². The quantitative estimate of drug-likeness (QED) is 0.141. The number of benzene rings is 5. The zero-order valence-electron chi connectivity index (χ0n) is 37.4. The van der Waals surface area contributed by atoms with Gasteiger partial charge in [0, 0.05) is 0 Å². The van der Waals surface area contributed by atoms with Crippen molar-refractivity contribution < 1.29 is 43.0 Å². The van der Waals surface area contributed by atoms with Crippen molar-refractivity contribution in [3.05, 3.63) is 166 Å². The lowest BCUT2D eigenvalue weighted by atomic mass is 10.0. The van der Waals surface area contributed by atoms with E-state index in [1.807, 2.05) is 13.8 Å². The standard InChI is InChI=1S/3C10H14.C9H11F5OS.C9H11F5S.2CH4/c2*1-8(2)10-6-4-9(3)5-7-10;1-8(2)10-6-4-5-9(3)7-10;1-7(2)8-3-5-9(6-4-8)15-16(10,11,12,13)14;1-7(2)8-4-3-5-9(6-8)15(10,11,12,13)14;;/h3*4-8H,1-3H3;3-7H,1-2H3;3-7H,1-2H3;2*1H4. The van der Waals surface area contributed by atoms with Gasteiger partial charge in [0.25, 0.3) is 0 Å². The van der Waals surface area contributed by atoms with Crippen LogP contribution in [0.25, 0.3) is 0 Å². The van der Waals surface area contributed by atoms with Gasteiger partial charge in [0.15, 0.2) is 0 Å². The van der Waals surface area contributed by atoms with Gasteiger partial charge in [-0.1, -0.05) is 237 Å². The van der Waals surface area contributed by atoms with Gasteiger partial charge in [-0.25, -0.2) is 0 Å². The Bertz CT molecular complexity index is 2030. The molecule has 5 rings (SSSR count). The van der Waals surface area contributed by atoms with Crippen molar-refractivity contribution in [2.24, 2.45) is 0 Å². The van der Waals surface area contributed by atoms with E-state index in [-0.39, 0.29) is 32.3 Å². The molecule has 0 spiro atoms. The van der Waals surface area contributed by atoms with Gasteiger partial charge in [-0.05, 0) is 102 Å². The maximum absolute atomic E-state index is 12.4. The van der Waals surface area contributed by atoms with Gasteiger partial charge >= 0.3 is 20.7 Å². The third-order valence-electron chi connectivity index (χ3n) is 8.97. The van der Waals surface area contributed by atoms with Crippen LogP contribution in [0.4, 0.5) is 38.9 Å². The summed E-state index contributed by atoms with van der Waals surface area (Å²) < 4.78 is 125. The highest BCUT2D eigenvalue weighted by Crippen LogP contribution is 3.02. The average molecular weight is 943 g/mol. The van der Waals surface area contributed by atoms with Gasteiger partial charge in [-0.15, -0.1) is 0 Å². The van der Waals surface area contributed by atoms with Gasteiger partial charge in [0.1, 0.15) is 10.6 Å². The fourth-order valence-electron chi connectivity index (χ4n) is 5.14. The van der Waals surface area contributed by atoms with E-state index >= 15 is 0 Å². The molecule has 360 valence electrons. The summed E-state index contributed by atoms with van der Waals surface area (Å²) in [4.78, 5) is -1.82. The number of rotatable bonds is 8. The highest BCUT2D eigenvalue weighted by Gasteiger charge is 2.67. The van der Waals surface area contributed by atoms with Crippen LogP contribution < -0.4 is 4.18 Å². The maximum Gasteiger partial charge on any atom is 0.435 e. The Morgan fingerprint density at radius 1 is 0.349 bits per heavy atom. The molecule has 0 fully saturated rings. The molecule has 0 unspecified atom stereocenters. The van der Waals surface area contributed by atoms with E-state index in [0.717, 1.165) is 23.8 Å². The molecule has 13 heteroatoms. The zero-order valence-corrected chi connectivity index (χ0v) is 39.1. The molecule has 63 heavy (non-hydrogen) atoms. The van der Waals surface area contributed by atoms with Crippen LogP contribution in [0, 0.1) is 20.8 Å². The van der Waals surface area contributed by atoms with E-state index in [4.69, 9.17) is 0 Å². The van der Waals surface area contributed by atoms with Gasteiger partial charge in [0.05, 0.1) is 0 Å². The Morgan fingerprint density at radius 2 is 0.651 bits per heavy atom. The second-order valence-electron chi connectivity index (χ2n) is 16.6. The molecule has 0 saturated heterocycles. The fraction of sp³-hybridized carbons (Fsp3) is 0.400. The van der Waals surface area contributed by atoms with Crippen molar-refractivity contribution >= 4 is 20.7 Å². The highest BCUT2D eigenvalue weighted by atomic mass is 32.5. The summed E-state index contributed by atoms with van der Waals surface area (Å²) in [5.74, 6) is 0.948. The molecule has 0 aromatic heterocycles. The first-order chi connectivity index (χ1) is 27.4. The molecule has 0 N–H and O–H groups in total. The summed E-state index contributed by atoms with van der Waals surface area (Å²) in [5.41, 5.74) is 9.30. The molecule has 0 atom stereocenters. The van der Waals surface area contributed by atoms with Crippen LogP contribution in [0.3, 0.4) is 0 Å². The summed E-state index contributed by atoms with van der Waals surface area (Å²) >= 11 is 0. The maximum atomic E-state index is 12.4. The van der Waals surface area contributed by atoms with Gasteiger partial charge in [-0.2, -0.15) is 0 Å². The third-order valence-corrected chi connectivity index (χ3v) is 10.6. The molecule has 0 bridgehead atoms. The fourth-order valence-corrected chi connectivity index (χ4v) is 6.31.